The molecule has 6 nitrogen and oxygen atoms in total. The fraction of sp³-hybridized carbons (Fsp3) is 0.200. The van der Waals surface area contributed by atoms with Gasteiger partial charge in [0.1, 0.15) is 5.75 Å². The van der Waals surface area contributed by atoms with Crippen molar-refractivity contribution in [3.63, 3.8) is 0 Å². The number of H-pyrrole nitrogens is 1. The summed E-state index contributed by atoms with van der Waals surface area (Å²) in [5.74, 6) is -0.120. The van der Waals surface area contributed by atoms with Crippen LogP contribution in [0, 0.1) is 11.3 Å². The molecule has 0 bridgehead atoms. The van der Waals surface area contributed by atoms with Crippen molar-refractivity contribution in [2.75, 3.05) is 13.7 Å². The highest BCUT2D eigenvalue weighted by Crippen LogP contribution is 2.37. The average molecular weight is 350 g/mol. The second-order valence-electron chi connectivity index (χ2n) is 5.73. The molecule has 3 rings (SSSR count). The summed E-state index contributed by atoms with van der Waals surface area (Å²) < 4.78 is 10.4. The van der Waals surface area contributed by atoms with Gasteiger partial charge in [-0.3, -0.25) is 0 Å². The molecule has 2 N–H and O–H groups in total. The highest BCUT2D eigenvalue weighted by atomic mass is 16.5. The highest BCUT2D eigenvalue weighted by Gasteiger charge is 2.43. The van der Waals surface area contributed by atoms with Crippen LogP contribution >= 0.6 is 0 Å². The lowest BCUT2D eigenvalue weighted by Gasteiger charge is -2.26. The summed E-state index contributed by atoms with van der Waals surface area (Å²) in [6.45, 7) is 1.81. The minimum absolute atomic E-state index is 0.133. The van der Waals surface area contributed by atoms with Crippen molar-refractivity contribution in [1.82, 2.24) is 4.98 Å². The largest absolute Gasteiger partial charge is 0.497 e. The van der Waals surface area contributed by atoms with Crippen LogP contribution in [0.3, 0.4) is 0 Å². The smallest absolute Gasteiger partial charge is 0.347 e. The predicted octanol–water partition coefficient (Wildman–Crippen LogP) is 2.85. The normalized spacial score (nSPS) is 13.0. The number of benzene rings is 2. The number of carbonyl (C=O) groups excluding carboxylic acids is 1. The van der Waals surface area contributed by atoms with E-state index in [2.05, 4.69) is 4.98 Å². The molecule has 0 aliphatic heterocycles. The molecule has 0 amide bonds. The first-order chi connectivity index (χ1) is 12.5. The van der Waals surface area contributed by atoms with Crippen LogP contribution in [-0.4, -0.2) is 29.8 Å². The van der Waals surface area contributed by atoms with Crippen LogP contribution in [0.2, 0.25) is 0 Å². The summed E-state index contributed by atoms with van der Waals surface area (Å²) in [5.41, 5.74) is -0.152. The molecule has 1 atom stereocenters. The van der Waals surface area contributed by atoms with Gasteiger partial charge < -0.3 is 19.6 Å². The molecule has 0 radical (unpaired) electrons. The maximum atomic E-state index is 12.7. The Hall–Kier alpha value is -3.30. The van der Waals surface area contributed by atoms with Gasteiger partial charge in [-0.15, -0.1) is 0 Å². The number of nitrogens with one attached hydrogen (secondary N) is 1. The number of rotatable bonds is 5. The van der Waals surface area contributed by atoms with Crippen LogP contribution in [0.15, 0.2) is 48.7 Å². The zero-order chi connectivity index (χ0) is 18.7. The maximum absolute atomic E-state index is 12.7. The SMILES string of the molecule is CCOC(=O)C(O)(c1ccc(C#N)cc1)c1c[nH]c2cc(OC)ccc12. The summed E-state index contributed by atoms with van der Waals surface area (Å²) >= 11 is 0. The second kappa shape index (κ2) is 6.90. The molecule has 0 aliphatic rings. The summed E-state index contributed by atoms with van der Waals surface area (Å²) in [6, 6.07) is 13.5. The van der Waals surface area contributed by atoms with Gasteiger partial charge in [-0.1, -0.05) is 12.1 Å². The van der Waals surface area contributed by atoms with Gasteiger partial charge in [0.25, 0.3) is 0 Å². The predicted molar refractivity (Wildman–Crippen MR) is 95.6 cm³/mol. The Morgan fingerprint density at radius 2 is 2.00 bits per heavy atom. The van der Waals surface area contributed by atoms with Crippen molar-refractivity contribution in [3.05, 3.63) is 65.4 Å². The number of esters is 1. The van der Waals surface area contributed by atoms with E-state index in [9.17, 15) is 9.90 Å². The van der Waals surface area contributed by atoms with E-state index in [1.807, 2.05) is 6.07 Å². The first kappa shape index (κ1) is 17.5. The molecule has 1 unspecified atom stereocenters. The maximum Gasteiger partial charge on any atom is 0.347 e. The standard InChI is InChI=1S/C20H18N2O4/c1-3-26-19(23)20(24,14-6-4-13(11-21)5-7-14)17-12-22-18-10-15(25-2)8-9-16(17)18/h4-10,12,22,24H,3H2,1-2H3. The van der Waals surface area contributed by atoms with Gasteiger partial charge in [-0.2, -0.15) is 5.26 Å². The first-order valence-electron chi connectivity index (χ1n) is 8.10. The highest BCUT2D eigenvalue weighted by molar-refractivity contribution is 5.94. The third kappa shape index (κ3) is 2.79. The van der Waals surface area contributed by atoms with E-state index in [0.717, 1.165) is 5.52 Å². The van der Waals surface area contributed by atoms with Gasteiger partial charge in [-0.25, -0.2) is 4.79 Å². The van der Waals surface area contributed by atoms with Gasteiger partial charge in [-0.05, 0) is 36.8 Å². The molecule has 1 aromatic heterocycles. The number of methoxy groups -OCH3 is 1. The molecule has 3 aromatic rings. The van der Waals surface area contributed by atoms with Gasteiger partial charge >= 0.3 is 5.97 Å². The van der Waals surface area contributed by atoms with Crippen molar-refractivity contribution in [2.24, 2.45) is 0 Å². The minimum atomic E-state index is -2.00. The fourth-order valence-electron chi connectivity index (χ4n) is 2.94. The van der Waals surface area contributed by atoms with E-state index >= 15 is 0 Å². The number of aromatic nitrogens is 1. The van der Waals surface area contributed by atoms with E-state index in [4.69, 9.17) is 14.7 Å². The molecule has 0 saturated heterocycles. The topological polar surface area (TPSA) is 95.3 Å². The number of aromatic amines is 1. The van der Waals surface area contributed by atoms with E-state index in [1.165, 1.54) is 0 Å². The Balaban J connectivity index is 2.21. The summed E-state index contributed by atoms with van der Waals surface area (Å²) in [5, 5.41) is 21.1. The molecule has 132 valence electrons. The van der Waals surface area contributed by atoms with Crippen molar-refractivity contribution in [1.29, 1.82) is 5.26 Å². The molecule has 1 heterocycles. The molecule has 0 spiro atoms. The van der Waals surface area contributed by atoms with E-state index in [1.54, 1.807) is 62.7 Å². The van der Waals surface area contributed by atoms with Crippen molar-refractivity contribution >= 4 is 16.9 Å². The van der Waals surface area contributed by atoms with Crippen LogP contribution in [0.5, 0.6) is 5.75 Å². The van der Waals surface area contributed by atoms with E-state index in [-0.39, 0.29) is 6.61 Å². The average Bonchev–Trinajstić information content (AvgIpc) is 3.11. The van der Waals surface area contributed by atoms with Crippen molar-refractivity contribution < 1.29 is 19.4 Å². The van der Waals surface area contributed by atoms with Gasteiger partial charge in [0.15, 0.2) is 0 Å². The molecule has 0 saturated carbocycles. The lowest BCUT2D eigenvalue weighted by atomic mass is 9.85. The van der Waals surface area contributed by atoms with Crippen LogP contribution in [0.1, 0.15) is 23.6 Å². The third-order valence-electron chi connectivity index (χ3n) is 4.28. The number of nitriles is 1. The quantitative estimate of drug-likeness (QED) is 0.690. The minimum Gasteiger partial charge on any atom is -0.497 e. The third-order valence-corrected chi connectivity index (χ3v) is 4.28. The van der Waals surface area contributed by atoms with Crippen LogP contribution < -0.4 is 4.74 Å². The Morgan fingerprint density at radius 1 is 1.27 bits per heavy atom. The van der Waals surface area contributed by atoms with Gasteiger partial charge in [0, 0.05) is 28.7 Å². The number of ether oxygens (including phenoxy) is 2. The first-order valence-corrected chi connectivity index (χ1v) is 8.10. The number of fused-ring (bicyclic) bond motifs is 1. The molecule has 26 heavy (non-hydrogen) atoms. The molecule has 0 aliphatic carbocycles. The zero-order valence-corrected chi connectivity index (χ0v) is 14.4. The van der Waals surface area contributed by atoms with E-state index in [0.29, 0.717) is 27.8 Å². The Labute approximate surface area is 150 Å². The Kier molecular flexibility index (Phi) is 4.65. The van der Waals surface area contributed by atoms with Crippen molar-refractivity contribution in [2.45, 2.75) is 12.5 Å². The van der Waals surface area contributed by atoms with Crippen LogP contribution in [0.25, 0.3) is 10.9 Å². The van der Waals surface area contributed by atoms with Crippen LogP contribution in [-0.2, 0) is 15.1 Å². The second-order valence-corrected chi connectivity index (χ2v) is 5.73. The monoisotopic (exact) mass is 350 g/mol. The molecular weight excluding hydrogens is 332 g/mol. The summed E-state index contributed by atoms with van der Waals surface area (Å²) in [6.07, 6.45) is 1.58. The molecule has 0 fully saturated rings. The zero-order valence-electron chi connectivity index (χ0n) is 14.4. The Morgan fingerprint density at radius 3 is 2.62 bits per heavy atom. The molecule has 6 heteroatoms. The Bertz CT molecular complexity index is 985. The number of nitrogens with zero attached hydrogens (tertiary/aromatic N) is 1. The van der Waals surface area contributed by atoms with E-state index < -0.39 is 11.6 Å². The number of hydrogen-bond acceptors (Lipinski definition) is 5. The van der Waals surface area contributed by atoms with Crippen molar-refractivity contribution in [3.8, 4) is 11.8 Å². The van der Waals surface area contributed by atoms with Crippen LogP contribution in [0.4, 0.5) is 0 Å². The molecule has 2 aromatic carbocycles. The fourth-order valence-corrected chi connectivity index (χ4v) is 2.94. The lowest BCUT2D eigenvalue weighted by molar-refractivity contribution is -0.161. The summed E-state index contributed by atoms with van der Waals surface area (Å²) in [4.78, 5) is 15.8. The molecular formula is C20H18N2O4. The van der Waals surface area contributed by atoms with Gasteiger partial charge in [0.05, 0.1) is 25.3 Å². The lowest BCUT2D eigenvalue weighted by Crippen LogP contribution is -2.38. The van der Waals surface area contributed by atoms with Gasteiger partial charge in [0.2, 0.25) is 5.60 Å². The number of aliphatic hydroxyl groups is 1. The number of carbonyl (C=O) groups is 1. The summed E-state index contributed by atoms with van der Waals surface area (Å²) in [7, 11) is 1.57. The number of hydrogen-bond donors (Lipinski definition) is 2.